The molecule has 0 saturated carbocycles. The summed E-state index contributed by atoms with van der Waals surface area (Å²) < 4.78 is 7.37. The first-order chi connectivity index (χ1) is 14.7. The number of carbonyl (C=O) groups is 2. The minimum Gasteiger partial charge on any atom is -0.383 e. The minimum atomic E-state index is -0.387. The number of methoxy groups -OCH3 is 1. The largest absolute Gasteiger partial charge is 0.383 e. The fourth-order valence-electron chi connectivity index (χ4n) is 3.86. The van der Waals surface area contributed by atoms with Gasteiger partial charge in [0.15, 0.2) is 0 Å². The molecule has 0 saturated heterocycles. The third kappa shape index (κ3) is 5.67. The lowest BCUT2D eigenvalue weighted by atomic mass is 9.98. The number of aryl methyl sites for hydroxylation is 1. The van der Waals surface area contributed by atoms with Crippen molar-refractivity contribution in [3.63, 3.8) is 0 Å². The summed E-state index contributed by atoms with van der Waals surface area (Å²) >= 11 is 0. The Morgan fingerprint density at radius 1 is 1.16 bits per heavy atom. The second kappa shape index (κ2) is 9.56. The van der Waals surface area contributed by atoms with E-state index in [9.17, 15) is 9.59 Å². The summed E-state index contributed by atoms with van der Waals surface area (Å²) in [5, 5.41) is 2.95. The van der Waals surface area contributed by atoms with Crippen LogP contribution in [0.5, 0.6) is 0 Å². The monoisotopic (exact) mass is 426 g/mol. The highest BCUT2D eigenvalue weighted by Gasteiger charge is 2.33. The number of carbonyl (C=O) groups excluding carboxylic acids is 2. The topological polar surface area (TPSA) is 66.8 Å². The van der Waals surface area contributed by atoms with Crippen molar-refractivity contribution in [2.45, 2.75) is 45.8 Å². The number of urea groups is 1. The Morgan fingerprint density at radius 3 is 2.52 bits per heavy atom. The molecule has 1 aromatic heterocycles. The lowest BCUT2D eigenvalue weighted by Crippen LogP contribution is -2.53. The van der Waals surface area contributed by atoms with Crippen molar-refractivity contribution >= 4 is 11.9 Å². The lowest BCUT2D eigenvalue weighted by Gasteiger charge is -2.38. The Balaban J connectivity index is 1.85. The van der Waals surface area contributed by atoms with E-state index in [4.69, 9.17) is 4.74 Å². The van der Waals surface area contributed by atoms with Crippen LogP contribution in [0.1, 0.15) is 43.6 Å². The fraction of sp³-hybridized carbons (Fsp3) is 0.500. The highest BCUT2D eigenvalue weighted by molar-refractivity contribution is 5.85. The van der Waals surface area contributed by atoms with E-state index in [-0.39, 0.29) is 30.1 Å². The van der Waals surface area contributed by atoms with E-state index in [1.165, 1.54) is 10.5 Å². The third-order valence-corrected chi connectivity index (χ3v) is 5.41. The van der Waals surface area contributed by atoms with Gasteiger partial charge >= 0.3 is 6.03 Å². The van der Waals surface area contributed by atoms with E-state index in [1.54, 1.807) is 7.11 Å². The summed E-state index contributed by atoms with van der Waals surface area (Å²) in [6.07, 6.45) is 2.06. The van der Waals surface area contributed by atoms with Crippen LogP contribution in [0.4, 0.5) is 4.79 Å². The van der Waals surface area contributed by atoms with E-state index >= 15 is 0 Å². The number of ether oxygens (including phenoxy) is 1. The van der Waals surface area contributed by atoms with Gasteiger partial charge in [-0.2, -0.15) is 0 Å². The van der Waals surface area contributed by atoms with Crippen LogP contribution in [-0.2, 0) is 16.1 Å². The molecule has 2 aromatic rings. The molecule has 0 spiro atoms. The van der Waals surface area contributed by atoms with E-state index in [0.717, 1.165) is 17.8 Å². The van der Waals surface area contributed by atoms with Crippen LogP contribution in [-0.4, -0.2) is 65.2 Å². The van der Waals surface area contributed by atoms with E-state index in [0.29, 0.717) is 19.7 Å². The van der Waals surface area contributed by atoms with Crippen LogP contribution in [0.3, 0.4) is 0 Å². The van der Waals surface area contributed by atoms with Gasteiger partial charge in [0.05, 0.1) is 12.6 Å². The van der Waals surface area contributed by atoms with Gasteiger partial charge in [-0.3, -0.25) is 4.79 Å². The summed E-state index contributed by atoms with van der Waals surface area (Å²) in [5.74, 6) is -0.0711. The Morgan fingerprint density at radius 2 is 1.87 bits per heavy atom. The molecule has 1 aliphatic heterocycles. The molecule has 1 atom stereocenters. The van der Waals surface area contributed by atoms with Crippen molar-refractivity contribution in [1.29, 1.82) is 0 Å². The molecular formula is C24H34N4O3. The summed E-state index contributed by atoms with van der Waals surface area (Å²) in [4.78, 5) is 29.7. The average molecular weight is 427 g/mol. The van der Waals surface area contributed by atoms with Crippen molar-refractivity contribution in [2.75, 3.05) is 33.4 Å². The van der Waals surface area contributed by atoms with E-state index in [2.05, 4.69) is 53.3 Å². The number of nitrogens with zero attached hydrogens (tertiary/aromatic N) is 3. The highest BCUT2D eigenvalue weighted by Crippen LogP contribution is 2.32. The normalized spacial score (nSPS) is 16.0. The number of benzene rings is 1. The maximum atomic E-state index is 13.5. The SMILES string of the molecule is COCCN(CC(=O)N1CCn2cccc2C1c1ccc(C)cc1)C(=O)NC(C)(C)C. The number of hydrogen-bond acceptors (Lipinski definition) is 3. The van der Waals surface area contributed by atoms with Crippen molar-refractivity contribution < 1.29 is 14.3 Å². The molecule has 31 heavy (non-hydrogen) atoms. The summed E-state index contributed by atoms with van der Waals surface area (Å²) in [6.45, 7) is 9.89. The molecule has 0 fully saturated rings. The molecule has 3 rings (SSSR count). The Hall–Kier alpha value is -2.80. The van der Waals surface area contributed by atoms with Crippen LogP contribution in [0.15, 0.2) is 42.6 Å². The molecule has 0 bridgehead atoms. The zero-order valence-corrected chi connectivity index (χ0v) is 19.2. The van der Waals surface area contributed by atoms with Gasteiger partial charge in [-0.05, 0) is 45.4 Å². The van der Waals surface area contributed by atoms with Crippen LogP contribution in [0.2, 0.25) is 0 Å². The molecule has 1 unspecified atom stereocenters. The molecule has 168 valence electrons. The van der Waals surface area contributed by atoms with Crippen molar-refractivity contribution in [3.05, 3.63) is 59.4 Å². The van der Waals surface area contributed by atoms with Crippen LogP contribution in [0, 0.1) is 6.92 Å². The zero-order valence-electron chi connectivity index (χ0n) is 19.2. The van der Waals surface area contributed by atoms with Gasteiger partial charge in [0.2, 0.25) is 5.91 Å². The number of nitrogens with one attached hydrogen (secondary N) is 1. The molecule has 3 amide bonds. The van der Waals surface area contributed by atoms with Crippen molar-refractivity contribution in [2.24, 2.45) is 0 Å². The lowest BCUT2D eigenvalue weighted by molar-refractivity contribution is -0.134. The Kier molecular flexibility index (Phi) is 7.05. The van der Waals surface area contributed by atoms with Crippen LogP contribution in [0.25, 0.3) is 0 Å². The Bertz CT molecular complexity index is 898. The number of amides is 3. The van der Waals surface area contributed by atoms with E-state index in [1.807, 2.05) is 31.7 Å². The summed E-state index contributed by atoms with van der Waals surface area (Å²) in [6, 6.07) is 12.0. The first-order valence-corrected chi connectivity index (χ1v) is 10.8. The molecule has 7 heteroatoms. The quantitative estimate of drug-likeness (QED) is 0.772. The Labute approximate surface area is 185 Å². The third-order valence-electron chi connectivity index (χ3n) is 5.41. The molecule has 0 aliphatic carbocycles. The molecule has 7 nitrogen and oxygen atoms in total. The first-order valence-electron chi connectivity index (χ1n) is 10.8. The number of hydrogen-bond donors (Lipinski definition) is 1. The van der Waals surface area contributed by atoms with Crippen molar-refractivity contribution in [3.8, 4) is 0 Å². The summed E-state index contributed by atoms with van der Waals surface area (Å²) in [7, 11) is 1.59. The minimum absolute atomic E-state index is 0.00828. The highest BCUT2D eigenvalue weighted by atomic mass is 16.5. The maximum absolute atomic E-state index is 13.5. The van der Waals surface area contributed by atoms with Gasteiger partial charge in [0.1, 0.15) is 6.54 Å². The van der Waals surface area contributed by atoms with Gasteiger partial charge in [-0.15, -0.1) is 0 Å². The van der Waals surface area contributed by atoms with Gasteiger partial charge in [0.25, 0.3) is 0 Å². The summed E-state index contributed by atoms with van der Waals surface area (Å²) in [5.41, 5.74) is 2.95. The number of rotatable bonds is 6. The molecule has 0 radical (unpaired) electrons. The van der Waals surface area contributed by atoms with Crippen molar-refractivity contribution in [1.82, 2.24) is 19.7 Å². The van der Waals surface area contributed by atoms with E-state index < -0.39 is 0 Å². The van der Waals surface area contributed by atoms with Gasteiger partial charge < -0.3 is 24.4 Å². The molecule has 1 aliphatic rings. The van der Waals surface area contributed by atoms with Gasteiger partial charge in [0, 0.05) is 44.2 Å². The number of fused-ring (bicyclic) bond motifs is 1. The molecule has 1 aromatic carbocycles. The molecule has 1 N–H and O–H groups in total. The average Bonchev–Trinajstić information content (AvgIpc) is 3.18. The second-order valence-corrected chi connectivity index (χ2v) is 9.12. The molecular weight excluding hydrogens is 392 g/mol. The van der Waals surface area contributed by atoms with Gasteiger partial charge in [-0.1, -0.05) is 29.8 Å². The van der Waals surface area contributed by atoms with Crippen LogP contribution >= 0.6 is 0 Å². The van der Waals surface area contributed by atoms with Crippen LogP contribution < -0.4 is 5.32 Å². The maximum Gasteiger partial charge on any atom is 0.318 e. The molecule has 2 heterocycles. The van der Waals surface area contributed by atoms with Gasteiger partial charge in [-0.25, -0.2) is 4.79 Å². The smallest absolute Gasteiger partial charge is 0.318 e. The number of aromatic nitrogens is 1. The zero-order chi connectivity index (χ0) is 22.6. The fourth-order valence-corrected chi connectivity index (χ4v) is 3.86. The standard InChI is InChI=1S/C24H34N4O3/c1-18-8-10-19(11-9-18)22-20-7-6-12-26(20)13-14-28(22)21(29)17-27(15-16-31-5)23(30)25-24(2,3)4/h6-12,22H,13-17H2,1-5H3,(H,25,30). The second-order valence-electron chi connectivity index (χ2n) is 9.12. The first kappa shape index (κ1) is 22.9. The predicted octanol–water partition coefficient (Wildman–Crippen LogP) is 3.18. The predicted molar refractivity (Wildman–Crippen MR) is 121 cm³/mol.